The molecule has 13 nitrogen and oxygen atoms in total. The van der Waals surface area contributed by atoms with Crippen molar-refractivity contribution >= 4 is 24.6 Å². The first-order valence-electron chi connectivity index (χ1n) is 7.46. The topological polar surface area (TPSA) is 206 Å². The van der Waals surface area contributed by atoms with E-state index in [0.717, 1.165) is 0 Å². The molecule has 1 saturated heterocycles. The van der Waals surface area contributed by atoms with Gasteiger partial charge in [-0.3, -0.25) is 9.13 Å². The molecule has 1 fully saturated rings. The Morgan fingerprint density at radius 3 is 2.69 bits per heavy atom. The van der Waals surface area contributed by atoms with Gasteiger partial charge in [0.1, 0.15) is 30.2 Å². The van der Waals surface area contributed by atoms with E-state index >= 15 is 0 Å². The van der Waals surface area contributed by atoms with E-state index in [0.29, 0.717) is 5.52 Å². The second-order valence-corrected chi connectivity index (χ2v) is 7.44. The van der Waals surface area contributed by atoms with Gasteiger partial charge in [-0.15, -0.1) is 0 Å². The molecule has 14 heteroatoms. The Morgan fingerprint density at radius 1 is 1.31 bits per heavy atom. The largest absolute Gasteiger partial charge is 0.393 e. The van der Waals surface area contributed by atoms with Crippen molar-refractivity contribution in [1.29, 1.82) is 0 Å². The van der Waals surface area contributed by atoms with Crippen molar-refractivity contribution in [2.75, 3.05) is 18.9 Å². The molecule has 5 atom stereocenters. The summed E-state index contributed by atoms with van der Waals surface area (Å²) in [4.78, 5) is 30.0. The maximum absolute atomic E-state index is 11.2. The Kier molecular flexibility index (Phi) is 5.23. The minimum Gasteiger partial charge on any atom is -0.393 e. The Labute approximate surface area is 146 Å². The van der Waals surface area contributed by atoms with Crippen molar-refractivity contribution < 1.29 is 39.1 Å². The second kappa shape index (κ2) is 7.13. The van der Waals surface area contributed by atoms with E-state index in [1.54, 1.807) is 0 Å². The van der Waals surface area contributed by atoms with E-state index in [9.17, 15) is 14.8 Å². The van der Waals surface area contributed by atoms with Gasteiger partial charge in [0, 0.05) is 0 Å². The standard InChI is InChI=1S/C12H18N5O8P/c13-10-7-11(15-3-14-10)17(4-16-7)12-9(20)8(19)5(25-12)2-24-6(1-18)26(21,22)23/h3-6,8-9,12,18-20H,1-2H2,(H2,13,14,15)(H2,21,22,23)/t5-,6+,8+,9-,12-/m1/s1. The molecule has 3 rings (SSSR count). The van der Waals surface area contributed by atoms with Gasteiger partial charge in [-0.25, -0.2) is 15.0 Å². The molecule has 26 heavy (non-hydrogen) atoms. The number of ether oxygens (including phenoxy) is 2. The molecular weight excluding hydrogens is 373 g/mol. The minimum absolute atomic E-state index is 0.133. The van der Waals surface area contributed by atoms with Crippen LogP contribution < -0.4 is 5.73 Å². The molecule has 0 bridgehead atoms. The van der Waals surface area contributed by atoms with Crippen molar-refractivity contribution in [3.05, 3.63) is 12.7 Å². The summed E-state index contributed by atoms with van der Waals surface area (Å²) in [6.45, 7) is -1.38. The first-order valence-corrected chi connectivity index (χ1v) is 9.14. The second-order valence-electron chi connectivity index (χ2n) is 5.69. The molecule has 1 aliphatic heterocycles. The number of rotatable bonds is 6. The number of nitrogens with zero attached hydrogens (tertiary/aromatic N) is 4. The zero-order valence-electron chi connectivity index (χ0n) is 13.2. The molecule has 0 saturated carbocycles. The van der Waals surface area contributed by atoms with Crippen LogP contribution >= 0.6 is 7.60 Å². The minimum atomic E-state index is -4.69. The summed E-state index contributed by atoms with van der Waals surface area (Å²) in [6, 6.07) is 0. The number of hydrogen-bond donors (Lipinski definition) is 6. The van der Waals surface area contributed by atoms with Crippen molar-refractivity contribution in [1.82, 2.24) is 19.5 Å². The predicted molar refractivity (Wildman–Crippen MR) is 84.5 cm³/mol. The van der Waals surface area contributed by atoms with Crippen molar-refractivity contribution in [2.24, 2.45) is 0 Å². The third-order valence-electron chi connectivity index (χ3n) is 3.98. The van der Waals surface area contributed by atoms with Crippen LogP contribution in [0.15, 0.2) is 12.7 Å². The Morgan fingerprint density at radius 2 is 2.04 bits per heavy atom. The molecule has 0 amide bonds. The lowest BCUT2D eigenvalue weighted by Crippen LogP contribution is -2.35. The molecule has 144 valence electrons. The molecule has 1 aliphatic rings. The number of anilines is 1. The molecular formula is C12H18N5O8P. The van der Waals surface area contributed by atoms with Crippen LogP contribution in [0.5, 0.6) is 0 Å². The lowest BCUT2D eigenvalue weighted by atomic mass is 10.1. The quantitative estimate of drug-likeness (QED) is 0.284. The molecule has 0 aliphatic carbocycles. The highest BCUT2D eigenvalue weighted by molar-refractivity contribution is 7.52. The van der Waals surface area contributed by atoms with Crippen LogP contribution in [-0.4, -0.2) is 82.0 Å². The summed E-state index contributed by atoms with van der Waals surface area (Å²) in [5.41, 5.74) is 6.27. The van der Waals surface area contributed by atoms with Crippen molar-refractivity contribution in [2.45, 2.75) is 30.4 Å². The summed E-state index contributed by atoms with van der Waals surface area (Å²) in [7, 11) is -4.69. The van der Waals surface area contributed by atoms with E-state index in [4.69, 9.17) is 30.1 Å². The summed E-state index contributed by atoms with van der Waals surface area (Å²) in [6.07, 6.45) is -2.47. The number of fused-ring (bicyclic) bond motifs is 1. The van der Waals surface area contributed by atoms with Gasteiger partial charge in [-0.05, 0) is 0 Å². The Balaban J connectivity index is 1.77. The number of imidazole rings is 1. The molecule has 0 spiro atoms. The van der Waals surface area contributed by atoms with Crippen LogP contribution in [-0.2, 0) is 14.0 Å². The highest BCUT2D eigenvalue weighted by Gasteiger charge is 2.45. The summed E-state index contributed by atoms with van der Waals surface area (Å²) < 4.78 is 23.0. The van der Waals surface area contributed by atoms with Gasteiger partial charge in [-0.2, -0.15) is 0 Å². The van der Waals surface area contributed by atoms with Crippen molar-refractivity contribution in [3.63, 3.8) is 0 Å². The molecule has 0 unspecified atom stereocenters. The molecule has 0 radical (unpaired) electrons. The van der Waals surface area contributed by atoms with Gasteiger partial charge in [-0.1, -0.05) is 0 Å². The average Bonchev–Trinajstić information content (AvgIpc) is 3.11. The van der Waals surface area contributed by atoms with E-state index in [2.05, 4.69) is 15.0 Å². The van der Waals surface area contributed by atoms with Gasteiger partial charge in [0.2, 0.25) is 0 Å². The van der Waals surface area contributed by atoms with Crippen LogP contribution in [0, 0.1) is 0 Å². The Hall–Kier alpha value is -1.70. The highest BCUT2D eigenvalue weighted by Crippen LogP contribution is 2.42. The van der Waals surface area contributed by atoms with E-state index in [1.807, 2.05) is 0 Å². The summed E-state index contributed by atoms with van der Waals surface area (Å²) >= 11 is 0. The zero-order valence-corrected chi connectivity index (χ0v) is 14.1. The molecule has 0 aromatic carbocycles. The van der Waals surface area contributed by atoms with Gasteiger partial charge in [0.25, 0.3) is 0 Å². The first kappa shape index (κ1) is 19.1. The average molecular weight is 391 g/mol. The predicted octanol–water partition coefficient (Wildman–Crippen LogP) is -2.46. The molecule has 2 aromatic rings. The van der Waals surface area contributed by atoms with Gasteiger partial charge in [0.15, 0.2) is 23.5 Å². The fourth-order valence-electron chi connectivity index (χ4n) is 2.62. The van der Waals surface area contributed by atoms with Gasteiger partial charge >= 0.3 is 7.60 Å². The summed E-state index contributed by atoms with van der Waals surface area (Å²) in [5, 5.41) is 29.4. The monoisotopic (exact) mass is 391 g/mol. The van der Waals surface area contributed by atoms with E-state index in [-0.39, 0.29) is 11.5 Å². The van der Waals surface area contributed by atoms with Gasteiger partial charge in [0.05, 0.1) is 19.5 Å². The fraction of sp³-hybridized carbons (Fsp3) is 0.583. The lowest BCUT2D eigenvalue weighted by molar-refractivity contribution is -0.0775. The van der Waals surface area contributed by atoms with Crippen LogP contribution in [0.1, 0.15) is 6.23 Å². The third kappa shape index (κ3) is 3.43. The maximum Gasteiger partial charge on any atom is 0.356 e. The number of aliphatic hydroxyl groups is 3. The zero-order chi connectivity index (χ0) is 19.1. The Bertz CT molecular complexity index is 827. The molecule has 2 aromatic heterocycles. The third-order valence-corrected chi connectivity index (χ3v) is 5.05. The smallest absolute Gasteiger partial charge is 0.356 e. The van der Waals surface area contributed by atoms with E-state index in [1.165, 1.54) is 17.2 Å². The normalized spacial score (nSPS) is 27.9. The summed E-state index contributed by atoms with van der Waals surface area (Å²) in [5.74, 6) is -1.62. The lowest BCUT2D eigenvalue weighted by Gasteiger charge is -2.20. The fourth-order valence-corrected chi connectivity index (χ4v) is 3.11. The van der Waals surface area contributed by atoms with E-state index < -0.39 is 51.2 Å². The number of aliphatic hydroxyl groups excluding tert-OH is 3. The molecule has 7 N–H and O–H groups in total. The number of aromatic nitrogens is 4. The van der Waals surface area contributed by atoms with Gasteiger partial charge < -0.3 is 40.3 Å². The number of nitrogen functional groups attached to an aromatic ring is 1. The van der Waals surface area contributed by atoms with Crippen LogP contribution in [0.2, 0.25) is 0 Å². The van der Waals surface area contributed by atoms with Crippen LogP contribution in [0.3, 0.4) is 0 Å². The van der Waals surface area contributed by atoms with Crippen LogP contribution in [0.4, 0.5) is 5.82 Å². The number of nitrogens with two attached hydrogens (primary N) is 1. The molecule has 3 heterocycles. The van der Waals surface area contributed by atoms with Crippen molar-refractivity contribution in [3.8, 4) is 0 Å². The maximum atomic E-state index is 11.2. The van der Waals surface area contributed by atoms with Crippen LogP contribution in [0.25, 0.3) is 11.2 Å². The SMILES string of the molecule is Nc1ncnc2c1ncn2[C@@H]1O[C@H](CO[C@H](CO)P(=O)(O)O)[C@H](O)[C@H]1O. The highest BCUT2D eigenvalue weighted by atomic mass is 31.2. The number of hydrogen-bond acceptors (Lipinski definition) is 10. The first-order chi connectivity index (χ1) is 12.2.